The van der Waals surface area contributed by atoms with Gasteiger partial charge in [-0.05, 0) is 57.4 Å². The average molecular weight is 363 g/mol. The molecule has 5 nitrogen and oxygen atoms in total. The van der Waals surface area contributed by atoms with Gasteiger partial charge in [0.05, 0.1) is 5.69 Å². The Morgan fingerprint density at radius 3 is 2.52 bits per heavy atom. The Balaban J connectivity index is 0.000000217. The Morgan fingerprint density at radius 2 is 1.88 bits per heavy atom. The van der Waals surface area contributed by atoms with E-state index in [1.165, 1.54) is 12.6 Å². The van der Waals surface area contributed by atoms with Gasteiger partial charge in [-0.1, -0.05) is 29.8 Å². The number of benzene rings is 1. The standard InChI is InChI=1S/C13H10ClNO.C6H13NO2/c14-13-8-7-12-10(15-13)6-5-9-3-1-2-4-11(9)16-12;1-6(2,3)9-5(8)7-4/h1-4,7-8H,5-6H2;1-4H3,(H,7,8). The van der Waals surface area contributed by atoms with Gasteiger partial charge in [0.15, 0.2) is 0 Å². The molecule has 1 aliphatic heterocycles. The summed E-state index contributed by atoms with van der Waals surface area (Å²) < 4.78 is 10.7. The van der Waals surface area contributed by atoms with Crippen LogP contribution in [0.1, 0.15) is 32.0 Å². The predicted molar refractivity (Wildman–Crippen MR) is 98.5 cm³/mol. The molecule has 3 rings (SSSR count). The molecule has 25 heavy (non-hydrogen) atoms. The number of hydrogen-bond donors (Lipinski definition) is 1. The molecule has 2 aromatic rings. The van der Waals surface area contributed by atoms with E-state index in [1.54, 1.807) is 6.07 Å². The molecule has 1 aliphatic rings. The third-order valence-electron chi connectivity index (χ3n) is 3.33. The third-order valence-corrected chi connectivity index (χ3v) is 3.54. The fraction of sp³-hybridized carbons (Fsp3) is 0.368. The summed E-state index contributed by atoms with van der Waals surface area (Å²) in [6, 6.07) is 11.7. The van der Waals surface area contributed by atoms with Crippen molar-refractivity contribution in [3.05, 3.63) is 52.8 Å². The second-order valence-electron chi connectivity index (χ2n) is 6.54. The second-order valence-corrected chi connectivity index (χ2v) is 6.93. The van der Waals surface area contributed by atoms with E-state index in [0.717, 1.165) is 30.0 Å². The van der Waals surface area contributed by atoms with Gasteiger partial charge in [0, 0.05) is 7.05 Å². The number of halogens is 1. The van der Waals surface area contributed by atoms with Gasteiger partial charge in [-0.15, -0.1) is 0 Å². The number of amides is 1. The van der Waals surface area contributed by atoms with E-state index in [-0.39, 0.29) is 11.7 Å². The van der Waals surface area contributed by atoms with Crippen molar-refractivity contribution >= 4 is 17.7 Å². The number of nitrogens with one attached hydrogen (secondary N) is 1. The summed E-state index contributed by atoms with van der Waals surface area (Å²) in [6.45, 7) is 5.46. The van der Waals surface area contributed by atoms with E-state index in [0.29, 0.717) is 5.15 Å². The van der Waals surface area contributed by atoms with Crippen molar-refractivity contribution in [1.82, 2.24) is 10.3 Å². The minimum atomic E-state index is -0.389. The quantitative estimate of drug-likeness (QED) is 0.686. The monoisotopic (exact) mass is 362 g/mol. The number of pyridine rings is 1. The van der Waals surface area contributed by atoms with E-state index < -0.39 is 0 Å². The second kappa shape index (κ2) is 8.21. The van der Waals surface area contributed by atoms with Crippen molar-refractivity contribution in [2.24, 2.45) is 0 Å². The van der Waals surface area contributed by atoms with Gasteiger partial charge >= 0.3 is 6.09 Å². The molecule has 0 unspecified atom stereocenters. The lowest BCUT2D eigenvalue weighted by Gasteiger charge is -2.18. The molecule has 0 atom stereocenters. The molecule has 0 aliphatic carbocycles. The lowest BCUT2D eigenvalue weighted by molar-refractivity contribution is 0.0541. The number of alkyl carbamates (subject to hydrolysis) is 1. The highest BCUT2D eigenvalue weighted by atomic mass is 35.5. The summed E-state index contributed by atoms with van der Waals surface area (Å²) >= 11 is 5.87. The number of carbonyl (C=O) groups excluding carboxylic acids is 1. The van der Waals surface area contributed by atoms with Crippen LogP contribution < -0.4 is 10.1 Å². The van der Waals surface area contributed by atoms with Crippen molar-refractivity contribution in [1.29, 1.82) is 0 Å². The van der Waals surface area contributed by atoms with Crippen molar-refractivity contribution < 1.29 is 14.3 Å². The maximum absolute atomic E-state index is 10.5. The van der Waals surface area contributed by atoms with Gasteiger partial charge in [0.25, 0.3) is 0 Å². The molecular weight excluding hydrogens is 340 g/mol. The molecule has 1 amide bonds. The number of aryl methyl sites for hydroxylation is 2. The zero-order chi connectivity index (χ0) is 18.4. The topological polar surface area (TPSA) is 60.5 Å². The summed E-state index contributed by atoms with van der Waals surface area (Å²) in [7, 11) is 1.54. The number of aromatic nitrogens is 1. The predicted octanol–water partition coefficient (Wildman–Crippen LogP) is 4.77. The smallest absolute Gasteiger partial charge is 0.407 e. The first-order chi connectivity index (χ1) is 11.8. The molecule has 0 fully saturated rings. The summed E-state index contributed by atoms with van der Waals surface area (Å²) in [5, 5.41) is 2.88. The molecule has 0 radical (unpaired) electrons. The Kier molecular flexibility index (Phi) is 6.26. The molecule has 0 saturated carbocycles. The van der Waals surface area contributed by atoms with Crippen molar-refractivity contribution in [3.63, 3.8) is 0 Å². The minimum absolute atomic E-state index is 0.387. The van der Waals surface area contributed by atoms with E-state index in [2.05, 4.69) is 16.4 Å². The number of fused-ring (bicyclic) bond motifs is 2. The summed E-state index contributed by atoms with van der Waals surface area (Å²) in [6.07, 6.45) is 1.42. The zero-order valence-electron chi connectivity index (χ0n) is 14.9. The fourth-order valence-corrected chi connectivity index (χ4v) is 2.41. The molecule has 1 N–H and O–H groups in total. The van der Waals surface area contributed by atoms with Crippen LogP contribution in [0, 0.1) is 0 Å². The lowest BCUT2D eigenvalue weighted by Crippen LogP contribution is -2.30. The summed E-state index contributed by atoms with van der Waals surface area (Å²) in [5.74, 6) is 1.74. The highest BCUT2D eigenvalue weighted by molar-refractivity contribution is 6.29. The molecule has 0 saturated heterocycles. The van der Waals surface area contributed by atoms with Crippen LogP contribution in [0.2, 0.25) is 5.15 Å². The normalized spacial score (nSPS) is 12.4. The largest absolute Gasteiger partial charge is 0.455 e. The van der Waals surface area contributed by atoms with Crippen LogP contribution in [0.4, 0.5) is 4.79 Å². The minimum Gasteiger partial charge on any atom is -0.455 e. The number of hydrogen-bond acceptors (Lipinski definition) is 4. The molecule has 1 aromatic heterocycles. The van der Waals surface area contributed by atoms with E-state index >= 15 is 0 Å². The fourth-order valence-electron chi connectivity index (χ4n) is 2.24. The van der Waals surface area contributed by atoms with Crippen molar-refractivity contribution in [2.45, 2.75) is 39.2 Å². The molecule has 134 valence electrons. The first kappa shape index (κ1) is 19.1. The summed E-state index contributed by atoms with van der Waals surface area (Å²) in [5.41, 5.74) is 1.76. The van der Waals surface area contributed by atoms with Gasteiger partial charge < -0.3 is 14.8 Å². The third kappa shape index (κ3) is 5.94. The lowest BCUT2D eigenvalue weighted by atomic mass is 10.1. The Bertz CT molecular complexity index is 742. The molecule has 6 heteroatoms. The van der Waals surface area contributed by atoms with Gasteiger partial charge in [-0.25, -0.2) is 9.78 Å². The number of carbonyl (C=O) groups is 1. The molecule has 0 spiro atoms. The van der Waals surface area contributed by atoms with Gasteiger partial charge in [0.2, 0.25) is 0 Å². The van der Waals surface area contributed by atoms with Crippen LogP contribution in [0.3, 0.4) is 0 Å². The maximum Gasteiger partial charge on any atom is 0.407 e. The van der Waals surface area contributed by atoms with E-state index in [4.69, 9.17) is 21.1 Å². The number of rotatable bonds is 0. The molecule has 0 bridgehead atoms. The number of nitrogens with zero attached hydrogens (tertiary/aromatic N) is 1. The highest BCUT2D eigenvalue weighted by Gasteiger charge is 2.15. The SMILES string of the molecule is CNC(=O)OC(C)(C)C.Clc1ccc2c(n1)CCc1ccccc1O2. The van der Waals surface area contributed by atoms with Crippen LogP contribution in [0.5, 0.6) is 11.5 Å². The van der Waals surface area contributed by atoms with Crippen LogP contribution in [0.25, 0.3) is 0 Å². The van der Waals surface area contributed by atoms with Gasteiger partial charge in [-0.2, -0.15) is 0 Å². The first-order valence-corrected chi connectivity index (χ1v) is 8.48. The van der Waals surface area contributed by atoms with Crippen molar-refractivity contribution in [2.75, 3.05) is 7.05 Å². The molecular formula is C19H23ClN2O3. The first-order valence-electron chi connectivity index (χ1n) is 8.10. The van der Waals surface area contributed by atoms with E-state index in [9.17, 15) is 4.79 Å². The van der Waals surface area contributed by atoms with Crippen LogP contribution >= 0.6 is 11.6 Å². The summed E-state index contributed by atoms with van der Waals surface area (Å²) in [4.78, 5) is 14.8. The van der Waals surface area contributed by atoms with Crippen LogP contribution in [-0.4, -0.2) is 23.7 Å². The molecule has 2 heterocycles. The Morgan fingerprint density at radius 1 is 1.16 bits per heavy atom. The maximum atomic E-state index is 10.5. The zero-order valence-corrected chi connectivity index (χ0v) is 15.7. The van der Waals surface area contributed by atoms with Gasteiger partial charge in [-0.3, -0.25) is 0 Å². The Hall–Kier alpha value is -2.27. The highest BCUT2D eigenvalue weighted by Crippen LogP contribution is 2.33. The van der Waals surface area contributed by atoms with Crippen LogP contribution in [0.15, 0.2) is 36.4 Å². The van der Waals surface area contributed by atoms with E-state index in [1.807, 2.05) is 45.0 Å². The van der Waals surface area contributed by atoms with Crippen LogP contribution in [-0.2, 0) is 17.6 Å². The Labute approximate surface area is 153 Å². The van der Waals surface area contributed by atoms with Crippen molar-refractivity contribution in [3.8, 4) is 11.5 Å². The number of para-hydroxylation sites is 1. The van der Waals surface area contributed by atoms with Gasteiger partial charge in [0.1, 0.15) is 22.3 Å². The average Bonchev–Trinajstić information content (AvgIpc) is 2.73. The number of ether oxygens (including phenoxy) is 2. The molecule has 1 aromatic carbocycles.